The van der Waals surface area contributed by atoms with E-state index in [4.69, 9.17) is 5.73 Å². The van der Waals surface area contributed by atoms with E-state index < -0.39 is 17.7 Å². The maximum Gasteiger partial charge on any atom is 0.131 e. The van der Waals surface area contributed by atoms with Gasteiger partial charge < -0.3 is 5.73 Å². The molecular formula is C13H12F2N2. The van der Waals surface area contributed by atoms with Crippen LogP contribution in [-0.2, 0) is 0 Å². The predicted octanol–water partition coefficient (Wildman–Crippen LogP) is 2.72. The van der Waals surface area contributed by atoms with Gasteiger partial charge in [-0.3, -0.25) is 4.98 Å². The molecule has 17 heavy (non-hydrogen) atoms. The van der Waals surface area contributed by atoms with Crippen LogP contribution in [0.5, 0.6) is 0 Å². The van der Waals surface area contributed by atoms with Gasteiger partial charge in [-0.15, -0.1) is 0 Å². The molecule has 0 radical (unpaired) electrons. The van der Waals surface area contributed by atoms with E-state index >= 15 is 0 Å². The third-order valence-electron chi connectivity index (χ3n) is 2.59. The molecule has 2 N–H and O–H groups in total. The second kappa shape index (κ2) is 4.59. The monoisotopic (exact) mass is 234 g/mol. The molecule has 0 saturated heterocycles. The zero-order valence-electron chi connectivity index (χ0n) is 9.32. The van der Waals surface area contributed by atoms with E-state index in [1.165, 1.54) is 18.2 Å². The van der Waals surface area contributed by atoms with Crippen molar-refractivity contribution in [3.05, 3.63) is 65.0 Å². The number of aromatic nitrogens is 1. The molecule has 1 aromatic carbocycles. The van der Waals surface area contributed by atoms with Crippen LogP contribution in [0.2, 0.25) is 0 Å². The first-order valence-corrected chi connectivity index (χ1v) is 5.21. The van der Waals surface area contributed by atoms with E-state index in [0.29, 0.717) is 5.56 Å². The van der Waals surface area contributed by atoms with Crippen LogP contribution in [0.1, 0.15) is 22.9 Å². The summed E-state index contributed by atoms with van der Waals surface area (Å²) in [4.78, 5) is 4.02. The van der Waals surface area contributed by atoms with Crippen LogP contribution >= 0.6 is 0 Å². The predicted molar refractivity (Wildman–Crippen MR) is 61.4 cm³/mol. The molecule has 2 nitrogen and oxygen atoms in total. The first kappa shape index (κ1) is 11.7. The van der Waals surface area contributed by atoms with Crippen LogP contribution in [0.25, 0.3) is 0 Å². The number of pyridine rings is 1. The number of nitrogens with zero attached hydrogens (tertiary/aromatic N) is 1. The van der Waals surface area contributed by atoms with Crippen molar-refractivity contribution in [2.24, 2.45) is 5.73 Å². The lowest BCUT2D eigenvalue weighted by Gasteiger charge is -2.14. The first-order valence-electron chi connectivity index (χ1n) is 5.21. The van der Waals surface area contributed by atoms with Gasteiger partial charge in [0.25, 0.3) is 0 Å². The zero-order valence-corrected chi connectivity index (χ0v) is 9.32. The number of benzene rings is 1. The Balaban J connectivity index is 2.47. The molecule has 1 atom stereocenters. The Kier molecular flexibility index (Phi) is 3.15. The Morgan fingerprint density at radius 3 is 2.41 bits per heavy atom. The molecule has 1 heterocycles. The minimum Gasteiger partial charge on any atom is -0.320 e. The summed E-state index contributed by atoms with van der Waals surface area (Å²) >= 11 is 0. The number of hydrogen-bond acceptors (Lipinski definition) is 2. The molecule has 0 aliphatic rings. The van der Waals surface area contributed by atoms with Gasteiger partial charge in [-0.05, 0) is 36.8 Å². The minimum absolute atomic E-state index is 0.113. The fraction of sp³-hybridized carbons (Fsp3) is 0.154. The van der Waals surface area contributed by atoms with Gasteiger partial charge in [0.2, 0.25) is 0 Å². The maximum atomic E-state index is 13.6. The fourth-order valence-corrected chi connectivity index (χ4v) is 1.74. The van der Waals surface area contributed by atoms with E-state index in [-0.39, 0.29) is 5.56 Å². The van der Waals surface area contributed by atoms with Crippen molar-refractivity contribution in [1.82, 2.24) is 4.98 Å². The summed E-state index contributed by atoms with van der Waals surface area (Å²) in [5, 5.41) is 0. The average molecular weight is 234 g/mol. The van der Waals surface area contributed by atoms with Gasteiger partial charge in [-0.1, -0.05) is 6.07 Å². The van der Waals surface area contributed by atoms with Crippen LogP contribution in [0.3, 0.4) is 0 Å². The van der Waals surface area contributed by atoms with Crippen LogP contribution in [-0.4, -0.2) is 4.98 Å². The summed E-state index contributed by atoms with van der Waals surface area (Å²) < 4.78 is 27.1. The number of halogens is 2. The van der Waals surface area contributed by atoms with Crippen molar-refractivity contribution in [3.8, 4) is 0 Å². The highest BCUT2D eigenvalue weighted by Gasteiger charge is 2.18. The van der Waals surface area contributed by atoms with Crippen LogP contribution in [0, 0.1) is 18.6 Å². The lowest BCUT2D eigenvalue weighted by molar-refractivity contribution is 0.543. The smallest absolute Gasteiger partial charge is 0.131 e. The third-order valence-corrected chi connectivity index (χ3v) is 2.59. The molecule has 0 amide bonds. The summed E-state index contributed by atoms with van der Waals surface area (Å²) in [6.07, 6.45) is 1.57. The summed E-state index contributed by atoms with van der Waals surface area (Å²) in [7, 11) is 0. The number of aryl methyl sites for hydroxylation is 1. The van der Waals surface area contributed by atoms with Gasteiger partial charge in [-0.25, -0.2) is 8.78 Å². The van der Waals surface area contributed by atoms with Crippen LogP contribution in [0.4, 0.5) is 8.78 Å². The minimum atomic E-state index is -0.821. The molecule has 1 unspecified atom stereocenters. The zero-order chi connectivity index (χ0) is 12.4. The Labute approximate surface area is 98.1 Å². The summed E-state index contributed by atoms with van der Waals surface area (Å²) in [5.74, 6) is -1.26. The second-order valence-electron chi connectivity index (χ2n) is 3.84. The molecule has 88 valence electrons. The molecule has 0 bridgehead atoms. The molecule has 4 heteroatoms. The summed E-state index contributed by atoms with van der Waals surface area (Å²) in [6, 6.07) is 6.27. The molecule has 1 aromatic heterocycles. The Hall–Kier alpha value is -1.81. The van der Waals surface area contributed by atoms with Gasteiger partial charge in [-0.2, -0.15) is 0 Å². The number of nitrogens with two attached hydrogens (primary N) is 1. The SMILES string of the molecule is Cc1cc(C(N)c2c(F)cccc2F)ccn1. The quantitative estimate of drug-likeness (QED) is 0.867. The van der Waals surface area contributed by atoms with Crippen molar-refractivity contribution in [2.75, 3.05) is 0 Å². The lowest BCUT2D eigenvalue weighted by atomic mass is 9.99. The molecule has 0 spiro atoms. The first-order chi connectivity index (χ1) is 8.09. The van der Waals surface area contributed by atoms with E-state index in [0.717, 1.165) is 5.69 Å². The molecule has 2 aromatic rings. The van der Waals surface area contributed by atoms with Crippen molar-refractivity contribution >= 4 is 0 Å². The lowest BCUT2D eigenvalue weighted by Crippen LogP contribution is -2.15. The van der Waals surface area contributed by atoms with E-state index in [2.05, 4.69) is 4.98 Å². The molecule has 0 saturated carbocycles. The van der Waals surface area contributed by atoms with E-state index in [1.807, 2.05) is 0 Å². The second-order valence-corrected chi connectivity index (χ2v) is 3.84. The van der Waals surface area contributed by atoms with Gasteiger partial charge >= 0.3 is 0 Å². The Morgan fingerprint density at radius 2 is 1.82 bits per heavy atom. The standard InChI is InChI=1S/C13H12F2N2/c1-8-7-9(5-6-17-8)13(16)12-10(14)3-2-4-11(12)15/h2-7,13H,16H2,1H3. The van der Waals surface area contributed by atoms with Crippen molar-refractivity contribution in [2.45, 2.75) is 13.0 Å². The topological polar surface area (TPSA) is 38.9 Å². The molecular weight excluding hydrogens is 222 g/mol. The molecule has 2 rings (SSSR count). The maximum absolute atomic E-state index is 13.6. The fourth-order valence-electron chi connectivity index (χ4n) is 1.74. The van der Waals surface area contributed by atoms with E-state index in [1.54, 1.807) is 25.3 Å². The van der Waals surface area contributed by atoms with Crippen molar-refractivity contribution < 1.29 is 8.78 Å². The number of hydrogen-bond donors (Lipinski definition) is 1. The highest BCUT2D eigenvalue weighted by molar-refractivity contribution is 5.33. The molecule has 0 fully saturated rings. The van der Waals surface area contributed by atoms with Gasteiger partial charge in [0.1, 0.15) is 11.6 Å². The van der Waals surface area contributed by atoms with Crippen molar-refractivity contribution in [1.29, 1.82) is 0 Å². The van der Waals surface area contributed by atoms with Gasteiger partial charge in [0, 0.05) is 17.5 Å². The van der Waals surface area contributed by atoms with Crippen molar-refractivity contribution in [3.63, 3.8) is 0 Å². The average Bonchev–Trinajstić information content (AvgIpc) is 2.28. The normalized spacial score (nSPS) is 12.5. The van der Waals surface area contributed by atoms with Crippen LogP contribution < -0.4 is 5.73 Å². The third kappa shape index (κ3) is 2.31. The Bertz CT molecular complexity index is 520. The summed E-state index contributed by atoms with van der Waals surface area (Å²) in [6.45, 7) is 1.80. The molecule has 0 aliphatic carbocycles. The van der Waals surface area contributed by atoms with E-state index in [9.17, 15) is 8.78 Å². The highest BCUT2D eigenvalue weighted by Crippen LogP contribution is 2.24. The number of rotatable bonds is 2. The van der Waals surface area contributed by atoms with Crippen LogP contribution in [0.15, 0.2) is 36.5 Å². The van der Waals surface area contributed by atoms with Gasteiger partial charge in [0.05, 0.1) is 6.04 Å². The summed E-state index contributed by atoms with van der Waals surface area (Å²) in [5.41, 5.74) is 7.17. The largest absolute Gasteiger partial charge is 0.320 e. The molecule has 0 aliphatic heterocycles. The van der Waals surface area contributed by atoms with Gasteiger partial charge in [0.15, 0.2) is 0 Å². The Morgan fingerprint density at radius 1 is 1.18 bits per heavy atom. The highest BCUT2D eigenvalue weighted by atomic mass is 19.1.